The van der Waals surface area contributed by atoms with Crippen LogP contribution in [0.4, 0.5) is 11.4 Å². The summed E-state index contributed by atoms with van der Waals surface area (Å²) in [6, 6.07) is 8.04. The molecule has 19 heavy (non-hydrogen) atoms. The van der Waals surface area contributed by atoms with Crippen LogP contribution >= 0.6 is 0 Å². The summed E-state index contributed by atoms with van der Waals surface area (Å²) in [4.78, 5) is 16.1. The van der Waals surface area contributed by atoms with Crippen molar-refractivity contribution in [2.24, 2.45) is 0 Å². The number of hydrogen-bond acceptors (Lipinski definition) is 3. The van der Waals surface area contributed by atoms with Crippen LogP contribution in [0.2, 0.25) is 0 Å². The minimum atomic E-state index is -0.0881. The Morgan fingerprint density at radius 1 is 1.16 bits per heavy atom. The predicted molar refractivity (Wildman–Crippen MR) is 79.6 cm³/mol. The molecule has 0 saturated carbocycles. The van der Waals surface area contributed by atoms with Gasteiger partial charge in [0.15, 0.2) is 0 Å². The van der Waals surface area contributed by atoms with Gasteiger partial charge < -0.3 is 15.1 Å². The van der Waals surface area contributed by atoms with E-state index in [-0.39, 0.29) is 5.91 Å². The van der Waals surface area contributed by atoms with E-state index < -0.39 is 0 Å². The van der Waals surface area contributed by atoms with Crippen LogP contribution in [0.3, 0.4) is 0 Å². The zero-order chi connectivity index (χ0) is 13.7. The van der Waals surface area contributed by atoms with Crippen LogP contribution in [0.1, 0.15) is 6.92 Å². The standard InChI is InChI=1S/C15H21N3O/c1-3-4-15(19)16-13-5-7-14(8-6-13)18-11-9-17(2)10-12-18/h3-8H,9-12H2,1-2H3,(H,16,19). The van der Waals surface area contributed by atoms with Crippen molar-refractivity contribution in [3.8, 4) is 0 Å². The summed E-state index contributed by atoms with van der Waals surface area (Å²) in [5.41, 5.74) is 2.05. The van der Waals surface area contributed by atoms with Crippen LogP contribution in [-0.4, -0.2) is 44.0 Å². The van der Waals surface area contributed by atoms with Gasteiger partial charge in [-0.2, -0.15) is 0 Å². The molecule has 4 heteroatoms. The van der Waals surface area contributed by atoms with E-state index in [1.165, 1.54) is 11.8 Å². The van der Waals surface area contributed by atoms with Gasteiger partial charge in [0.1, 0.15) is 0 Å². The lowest BCUT2D eigenvalue weighted by molar-refractivity contribution is -0.111. The maximum Gasteiger partial charge on any atom is 0.248 e. The van der Waals surface area contributed by atoms with E-state index in [1.807, 2.05) is 19.1 Å². The number of anilines is 2. The molecule has 1 N–H and O–H groups in total. The van der Waals surface area contributed by atoms with Gasteiger partial charge in [0, 0.05) is 37.6 Å². The molecule has 1 heterocycles. The molecule has 0 radical (unpaired) electrons. The summed E-state index contributed by atoms with van der Waals surface area (Å²) < 4.78 is 0. The van der Waals surface area contributed by atoms with Gasteiger partial charge >= 0.3 is 0 Å². The second-order valence-corrected chi connectivity index (χ2v) is 4.83. The van der Waals surface area contributed by atoms with Crippen LogP contribution in [0.25, 0.3) is 0 Å². The Labute approximate surface area is 114 Å². The van der Waals surface area contributed by atoms with Crippen molar-refractivity contribution in [3.05, 3.63) is 36.4 Å². The molecule has 1 aliphatic rings. The van der Waals surface area contributed by atoms with Crippen molar-refractivity contribution in [2.45, 2.75) is 6.92 Å². The molecule has 0 spiro atoms. The van der Waals surface area contributed by atoms with Crippen LogP contribution in [-0.2, 0) is 4.79 Å². The molecule has 0 aromatic heterocycles. The Morgan fingerprint density at radius 2 is 1.79 bits per heavy atom. The van der Waals surface area contributed by atoms with E-state index in [9.17, 15) is 4.79 Å². The van der Waals surface area contributed by atoms with E-state index in [2.05, 4.69) is 34.3 Å². The average molecular weight is 259 g/mol. The van der Waals surface area contributed by atoms with E-state index >= 15 is 0 Å². The molecule has 1 aromatic carbocycles. The molecule has 0 atom stereocenters. The fourth-order valence-electron chi connectivity index (χ4n) is 2.16. The second kappa shape index (κ2) is 6.38. The number of piperazine rings is 1. The number of benzene rings is 1. The van der Waals surface area contributed by atoms with Gasteiger partial charge in [0.25, 0.3) is 0 Å². The molecule has 102 valence electrons. The minimum Gasteiger partial charge on any atom is -0.369 e. The van der Waals surface area contributed by atoms with E-state index in [4.69, 9.17) is 0 Å². The smallest absolute Gasteiger partial charge is 0.248 e. The first kappa shape index (κ1) is 13.6. The lowest BCUT2D eigenvalue weighted by atomic mass is 10.2. The summed E-state index contributed by atoms with van der Waals surface area (Å²) in [5, 5.41) is 2.83. The summed E-state index contributed by atoms with van der Waals surface area (Å²) in [6.07, 6.45) is 3.25. The Morgan fingerprint density at radius 3 is 2.37 bits per heavy atom. The monoisotopic (exact) mass is 259 g/mol. The number of hydrogen-bond donors (Lipinski definition) is 1. The maximum absolute atomic E-state index is 11.4. The van der Waals surface area contributed by atoms with Gasteiger partial charge in [0.05, 0.1) is 0 Å². The highest BCUT2D eigenvalue weighted by Crippen LogP contribution is 2.19. The molecule has 1 amide bonds. The summed E-state index contributed by atoms with van der Waals surface area (Å²) in [7, 11) is 2.15. The molecule has 4 nitrogen and oxygen atoms in total. The molecule has 1 aliphatic heterocycles. The highest BCUT2D eigenvalue weighted by molar-refractivity contribution is 5.99. The number of carbonyl (C=O) groups excluding carboxylic acids is 1. The number of rotatable bonds is 3. The maximum atomic E-state index is 11.4. The largest absolute Gasteiger partial charge is 0.369 e. The number of nitrogens with one attached hydrogen (secondary N) is 1. The summed E-state index contributed by atoms with van der Waals surface area (Å²) in [6.45, 7) is 6.14. The molecule has 1 aromatic rings. The SMILES string of the molecule is CC=CC(=O)Nc1ccc(N2CCN(C)CC2)cc1. The number of carbonyl (C=O) groups is 1. The van der Waals surface area contributed by atoms with Gasteiger partial charge in [-0.25, -0.2) is 0 Å². The van der Waals surface area contributed by atoms with Gasteiger partial charge in [-0.05, 0) is 44.3 Å². The first-order valence-electron chi connectivity index (χ1n) is 6.66. The zero-order valence-corrected chi connectivity index (χ0v) is 11.6. The predicted octanol–water partition coefficient (Wildman–Crippen LogP) is 1.95. The van der Waals surface area contributed by atoms with Crippen LogP contribution in [0, 0.1) is 0 Å². The normalized spacial score (nSPS) is 16.8. The highest BCUT2D eigenvalue weighted by atomic mass is 16.1. The van der Waals surface area contributed by atoms with E-state index in [0.29, 0.717) is 0 Å². The number of amides is 1. The Kier molecular flexibility index (Phi) is 4.58. The van der Waals surface area contributed by atoms with E-state index in [1.54, 1.807) is 6.08 Å². The van der Waals surface area contributed by atoms with Crippen molar-refractivity contribution in [1.29, 1.82) is 0 Å². The van der Waals surface area contributed by atoms with Gasteiger partial charge in [0.2, 0.25) is 5.91 Å². The van der Waals surface area contributed by atoms with Gasteiger partial charge in [-0.15, -0.1) is 0 Å². The van der Waals surface area contributed by atoms with Gasteiger partial charge in [-0.1, -0.05) is 6.08 Å². The molecule has 1 fully saturated rings. The highest BCUT2D eigenvalue weighted by Gasteiger charge is 2.13. The van der Waals surface area contributed by atoms with Crippen LogP contribution < -0.4 is 10.2 Å². The fourth-order valence-corrected chi connectivity index (χ4v) is 2.16. The van der Waals surface area contributed by atoms with Crippen LogP contribution in [0.15, 0.2) is 36.4 Å². The van der Waals surface area contributed by atoms with Crippen molar-refractivity contribution in [1.82, 2.24) is 4.90 Å². The minimum absolute atomic E-state index is 0.0881. The Balaban J connectivity index is 1.96. The van der Waals surface area contributed by atoms with Crippen LogP contribution in [0.5, 0.6) is 0 Å². The van der Waals surface area contributed by atoms with Crippen molar-refractivity contribution in [2.75, 3.05) is 43.4 Å². The first-order valence-corrected chi connectivity index (χ1v) is 6.66. The second-order valence-electron chi connectivity index (χ2n) is 4.83. The Hall–Kier alpha value is -1.81. The molecule has 2 rings (SSSR count). The third kappa shape index (κ3) is 3.83. The summed E-state index contributed by atoms with van der Waals surface area (Å²) in [5.74, 6) is -0.0881. The van der Waals surface area contributed by atoms with Crippen molar-refractivity contribution in [3.63, 3.8) is 0 Å². The molecule has 0 bridgehead atoms. The van der Waals surface area contributed by atoms with Crippen molar-refractivity contribution < 1.29 is 4.79 Å². The molecular formula is C15H21N3O. The fraction of sp³-hybridized carbons (Fsp3) is 0.400. The third-order valence-electron chi connectivity index (χ3n) is 3.32. The number of nitrogens with zero attached hydrogens (tertiary/aromatic N) is 2. The number of likely N-dealkylation sites (N-methyl/N-ethyl adjacent to an activating group) is 1. The topological polar surface area (TPSA) is 35.6 Å². The van der Waals surface area contributed by atoms with E-state index in [0.717, 1.165) is 31.9 Å². The summed E-state index contributed by atoms with van der Waals surface area (Å²) >= 11 is 0. The zero-order valence-electron chi connectivity index (χ0n) is 11.6. The number of allylic oxidation sites excluding steroid dienone is 1. The quantitative estimate of drug-likeness (QED) is 0.843. The first-order chi connectivity index (χ1) is 9.19. The van der Waals surface area contributed by atoms with Crippen molar-refractivity contribution >= 4 is 17.3 Å². The lowest BCUT2D eigenvalue weighted by Gasteiger charge is -2.34. The third-order valence-corrected chi connectivity index (χ3v) is 3.32. The average Bonchev–Trinajstić information content (AvgIpc) is 2.41. The molecule has 0 unspecified atom stereocenters. The molecule has 0 aliphatic carbocycles. The molecule has 1 saturated heterocycles. The molecular weight excluding hydrogens is 238 g/mol. The Bertz CT molecular complexity index is 445. The lowest BCUT2D eigenvalue weighted by Crippen LogP contribution is -2.44. The van der Waals surface area contributed by atoms with Gasteiger partial charge in [-0.3, -0.25) is 4.79 Å².